The van der Waals surface area contributed by atoms with Crippen LogP contribution in [0.3, 0.4) is 0 Å². The molecule has 1 aromatic carbocycles. The van der Waals surface area contributed by atoms with Crippen molar-refractivity contribution >= 4 is 23.0 Å². The van der Waals surface area contributed by atoms with Crippen LogP contribution in [-0.4, -0.2) is 29.7 Å². The van der Waals surface area contributed by atoms with Crippen molar-refractivity contribution in [3.63, 3.8) is 0 Å². The molecule has 1 amide bonds. The second kappa shape index (κ2) is 7.04. The molecule has 1 fully saturated rings. The fourth-order valence-corrected chi connectivity index (χ4v) is 3.64. The standard InChI is InChI=1S/C18H18FNO2S/c19-15-7-5-13(6-8-15)18(22)14-3-1-9-20(12-14)17(21)11-16-4-2-10-23-16/h2,4-8,10,14H,1,3,9,11-12H2. The van der Waals surface area contributed by atoms with E-state index >= 15 is 0 Å². The van der Waals surface area contributed by atoms with Crippen LogP contribution in [-0.2, 0) is 11.2 Å². The molecule has 1 atom stereocenters. The number of Topliss-reactive ketones (excluding diaryl/α,β-unsaturated/α-hetero) is 1. The molecule has 120 valence electrons. The van der Waals surface area contributed by atoms with E-state index in [0.717, 1.165) is 17.7 Å². The van der Waals surface area contributed by atoms with Gasteiger partial charge in [0.25, 0.3) is 0 Å². The van der Waals surface area contributed by atoms with E-state index in [4.69, 9.17) is 0 Å². The van der Waals surface area contributed by atoms with Crippen LogP contribution in [0.5, 0.6) is 0 Å². The highest BCUT2D eigenvalue weighted by molar-refractivity contribution is 7.10. The van der Waals surface area contributed by atoms with E-state index in [9.17, 15) is 14.0 Å². The molecule has 23 heavy (non-hydrogen) atoms. The molecule has 2 aromatic rings. The summed E-state index contributed by atoms with van der Waals surface area (Å²) in [6, 6.07) is 9.53. The van der Waals surface area contributed by atoms with Crippen molar-refractivity contribution in [3.05, 3.63) is 58.0 Å². The zero-order valence-electron chi connectivity index (χ0n) is 12.7. The Morgan fingerprint density at radius 3 is 2.70 bits per heavy atom. The number of carbonyl (C=O) groups excluding carboxylic acids is 2. The molecular formula is C18H18FNO2S. The summed E-state index contributed by atoms with van der Waals surface area (Å²) in [7, 11) is 0. The second-order valence-electron chi connectivity index (χ2n) is 5.81. The van der Waals surface area contributed by atoms with Crippen LogP contribution in [0.2, 0.25) is 0 Å². The number of likely N-dealkylation sites (tertiary alicyclic amines) is 1. The first kappa shape index (κ1) is 15.9. The van der Waals surface area contributed by atoms with Gasteiger partial charge in [0.1, 0.15) is 5.82 Å². The second-order valence-corrected chi connectivity index (χ2v) is 6.84. The van der Waals surface area contributed by atoms with E-state index in [-0.39, 0.29) is 23.4 Å². The molecule has 1 unspecified atom stereocenters. The summed E-state index contributed by atoms with van der Waals surface area (Å²) in [4.78, 5) is 27.8. The molecule has 1 saturated heterocycles. The van der Waals surface area contributed by atoms with Gasteiger partial charge in [-0.1, -0.05) is 6.07 Å². The summed E-state index contributed by atoms with van der Waals surface area (Å²) in [6.45, 7) is 1.16. The Balaban J connectivity index is 1.64. The number of rotatable bonds is 4. The molecule has 0 aliphatic carbocycles. The average molecular weight is 331 g/mol. The first-order valence-corrected chi connectivity index (χ1v) is 8.61. The molecule has 3 nitrogen and oxygen atoms in total. The molecule has 0 radical (unpaired) electrons. The van der Waals surface area contributed by atoms with E-state index in [0.29, 0.717) is 25.1 Å². The fourth-order valence-electron chi connectivity index (χ4n) is 2.94. The maximum Gasteiger partial charge on any atom is 0.227 e. The number of hydrogen-bond donors (Lipinski definition) is 0. The van der Waals surface area contributed by atoms with Crippen molar-refractivity contribution in [3.8, 4) is 0 Å². The Morgan fingerprint density at radius 1 is 1.22 bits per heavy atom. The predicted octanol–water partition coefficient (Wildman–Crippen LogP) is 3.55. The van der Waals surface area contributed by atoms with Gasteiger partial charge < -0.3 is 4.90 Å². The number of hydrogen-bond acceptors (Lipinski definition) is 3. The van der Waals surface area contributed by atoms with E-state index in [1.165, 1.54) is 24.3 Å². The van der Waals surface area contributed by atoms with Gasteiger partial charge >= 0.3 is 0 Å². The summed E-state index contributed by atoms with van der Waals surface area (Å²) >= 11 is 1.57. The maximum atomic E-state index is 13.0. The van der Waals surface area contributed by atoms with E-state index in [1.807, 2.05) is 17.5 Å². The van der Waals surface area contributed by atoms with Gasteiger partial charge in [-0.25, -0.2) is 4.39 Å². The number of piperidine rings is 1. The summed E-state index contributed by atoms with van der Waals surface area (Å²) in [5.41, 5.74) is 0.518. The normalized spacial score (nSPS) is 18.0. The van der Waals surface area contributed by atoms with Gasteiger partial charge in [0, 0.05) is 29.4 Å². The van der Waals surface area contributed by atoms with Crippen LogP contribution in [0.4, 0.5) is 4.39 Å². The van der Waals surface area contributed by atoms with Crippen molar-refractivity contribution < 1.29 is 14.0 Å². The molecule has 1 aliphatic heterocycles. The zero-order valence-corrected chi connectivity index (χ0v) is 13.5. The highest BCUT2D eigenvalue weighted by Crippen LogP contribution is 2.22. The minimum Gasteiger partial charge on any atom is -0.342 e. The molecule has 3 rings (SSSR count). The molecule has 1 aromatic heterocycles. The number of ketones is 1. The number of nitrogens with zero attached hydrogens (tertiary/aromatic N) is 1. The number of carbonyl (C=O) groups is 2. The van der Waals surface area contributed by atoms with Crippen LogP contribution in [0.15, 0.2) is 41.8 Å². The van der Waals surface area contributed by atoms with E-state index < -0.39 is 0 Å². The smallest absolute Gasteiger partial charge is 0.227 e. The quantitative estimate of drug-likeness (QED) is 0.804. The van der Waals surface area contributed by atoms with Gasteiger partial charge in [0.05, 0.1) is 6.42 Å². The van der Waals surface area contributed by atoms with Gasteiger partial charge in [-0.3, -0.25) is 9.59 Å². The highest BCUT2D eigenvalue weighted by atomic mass is 32.1. The maximum absolute atomic E-state index is 13.0. The first-order valence-electron chi connectivity index (χ1n) is 7.73. The van der Waals surface area contributed by atoms with Crippen LogP contribution in [0.1, 0.15) is 28.1 Å². The first-order chi connectivity index (χ1) is 11.1. The molecule has 0 bridgehead atoms. The van der Waals surface area contributed by atoms with Crippen LogP contribution >= 0.6 is 11.3 Å². The third-order valence-corrected chi connectivity index (χ3v) is 5.06. The molecule has 0 N–H and O–H groups in total. The van der Waals surface area contributed by atoms with E-state index in [1.54, 1.807) is 16.2 Å². The monoisotopic (exact) mass is 331 g/mol. The molecule has 1 aliphatic rings. The van der Waals surface area contributed by atoms with Gasteiger partial charge in [-0.15, -0.1) is 11.3 Å². The highest BCUT2D eigenvalue weighted by Gasteiger charge is 2.29. The van der Waals surface area contributed by atoms with Gasteiger partial charge in [0.2, 0.25) is 5.91 Å². The lowest BCUT2D eigenvalue weighted by molar-refractivity contribution is -0.131. The number of benzene rings is 1. The van der Waals surface area contributed by atoms with Crippen molar-refractivity contribution in [1.82, 2.24) is 4.90 Å². The Morgan fingerprint density at radius 2 is 2.00 bits per heavy atom. The predicted molar refractivity (Wildman–Crippen MR) is 88.1 cm³/mol. The number of halogens is 1. The van der Waals surface area contributed by atoms with Crippen molar-refractivity contribution in [2.24, 2.45) is 5.92 Å². The Bertz CT molecular complexity index is 682. The van der Waals surface area contributed by atoms with Crippen LogP contribution < -0.4 is 0 Å². The lowest BCUT2D eigenvalue weighted by Crippen LogP contribution is -2.43. The Hall–Kier alpha value is -2.01. The van der Waals surface area contributed by atoms with Crippen LogP contribution in [0.25, 0.3) is 0 Å². The Kier molecular flexibility index (Phi) is 4.86. The molecule has 2 heterocycles. The zero-order chi connectivity index (χ0) is 16.2. The summed E-state index contributed by atoms with van der Waals surface area (Å²) < 4.78 is 13.0. The number of thiophene rings is 1. The third-order valence-electron chi connectivity index (χ3n) is 4.18. The molecule has 5 heteroatoms. The lowest BCUT2D eigenvalue weighted by Gasteiger charge is -2.32. The summed E-state index contributed by atoms with van der Waals surface area (Å²) in [6.07, 6.45) is 2.00. The lowest BCUT2D eigenvalue weighted by atomic mass is 9.90. The van der Waals surface area contributed by atoms with Gasteiger partial charge in [-0.05, 0) is 48.6 Å². The van der Waals surface area contributed by atoms with Crippen molar-refractivity contribution in [2.75, 3.05) is 13.1 Å². The molecule has 0 spiro atoms. The summed E-state index contributed by atoms with van der Waals surface area (Å²) in [5, 5.41) is 1.96. The van der Waals surface area contributed by atoms with Gasteiger partial charge in [0.15, 0.2) is 5.78 Å². The van der Waals surface area contributed by atoms with Crippen LogP contribution in [0, 0.1) is 11.7 Å². The molecule has 0 saturated carbocycles. The third kappa shape index (κ3) is 3.85. The van der Waals surface area contributed by atoms with Crippen molar-refractivity contribution in [1.29, 1.82) is 0 Å². The Labute approximate surface area is 138 Å². The number of amides is 1. The topological polar surface area (TPSA) is 37.4 Å². The average Bonchev–Trinajstić information content (AvgIpc) is 3.08. The minimum absolute atomic E-state index is 0.00127. The minimum atomic E-state index is -0.349. The molecular weight excluding hydrogens is 313 g/mol. The van der Waals surface area contributed by atoms with E-state index in [2.05, 4.69) is 0 Å². The van der Waals surface area contributed by atoms with Gasteiger partial charge in [-0.2, -0.15) is 0 Å². The fraction of sp³-hybridized carbons (Fsp3) is 0.333. The van der Waals surface area contributed by atoms with Crippen molar-refractivity contribution in [2.45, 2.75) is 19.3 Å². The summed E-state index contributed by atoms with van der Waals surface area (Å²) in [5.74, 6) is -0.470. The largest absolute Gasteiger partial charge is 0.342 e. The SMILES string of the molecule is O=C(c1ccc(F)cc1)C1CCCN(C(=O)Cc2cccs2)C1.